The normalized spacial score (nSPS) is 10.2. The molecular weight excluding hydrogens is 443 g/mol. The van der Waals surface area contributed by atoms with Crippen LogP contribution in [0.5, 0.6) is 5.75 Å². The molecule has 0 aliphatic carbocycles. The van der Waals surface area contributed by atoms with E-state index >= 15 is 0 Å². The topological polar surface area (TPSA) is 93.7 Å². The fourth-order valence-electron chi connectivity index (χ4n) is 2.20. The molecule has 0 aliphatic rings. The summed E-state index contributed by atoms with van der Waals surface area (Å²) in [4.78, 5) is 35.6. The van der Waals surface area contributed by atoms with E-state index in [-0.39, 0.29) is 17.9 Å². The monoisotopic (exact) mass is 458 g/mol. The second kappa shape index (κ2) is 10.9. The molecule has 0 atom stereocenters. The lowest BCUT2D eigenvalue weighted by Gasteiger charge is -2.10. The van der Waals surface area contributed by atoms with E-state index in [0.29, 0.717) is 27.2 Å². The zero-order chi connectivity index (χ0) is 21.4. The highest BCUT2D eigenvalue weighted by molar-refractivity contribution is 6.36. The number of rotatable bonds is 8. The predicted molar refractivity (Wildman–Crippen MR) is 112 cm³/mol. The van der Waals surface area contributed by atoms with Crippen molar-refractivity contribution in [2.45, 2.75) is 12.8 Å². The van der Waals surface area contributed by atoms with Crippen LogP contribution in [-0.4, -0.2) is 31.5 Å². The van der Waals surface area contributed by atoms with Crippen LogP contribution in [0.4, 0.5) is 11.4 Å². The first-order chi connectivity index (χ1) is 13.8. The fraction of sp³-hybridized carbons (Fsp3) is 0.211. The van der Waals surface area contributed by atoms with E-state index in [1.165, 1.54) is 25.3 Å². The largest absolute Gasteiger partial charge is 0.495 e. The maximum absolute atomic E-state index is 12.0. The van der Waals surface area contributed by atoms with Gasteiger partial charge in [0.2, 0.25) is 5.91 Å². The lowest BCUT2D eigenvalue weighted by atomic mass is 10.2. The number of amides is 2. The summed E-state index contributed by atoms with van der Waals surface area (Å²) in [6, 6.07) is 9.32. The van der Waals surface area contributed by atoms with Crippen molar-refractivity contribution < 1.29 is 23.9 Å². The summed E-state index contributed by atoms with van der Waals surface area (Å²) in [5, 5.41) is 6.20. The molecule has 0 bridgehead atoms. The minimum Gasteiger partial charge on any atom is -0.495 e. The summed E-state index contributed by atoms with van der Waals surface area (Å²) in [5.74, 6) is -1.27. The van der Waals surface area contributed by atoms with Crippen LogP contribution in [0.2, 0.25) is 15.1 Å². The van der Waals surface area contributed by atoms with Crippen molar-refractivity contribution in [1.82, 2.24) is 0 Å². The van der Waals surface area contributed by atoms with Crippen molar-refractivity contribution in [2.24, 2.45) is 0 Å². The molecule has 2 aromatic rings. The molecule has 0 heterocycles. The molecule has 2 N–H and O–H groups in total. The Kier molecular flexibility index (Phi) is 8.57. The van der Waals surface area contributed by atoms with E-state index in [9.17, 15) is 14.4 Å². The number of benzene rings is 2. The molecule has 154 valence electrons. The van der Waals surface area contributed by atoms with Gasteiger partial charge in [-0.2, -0.15) is 0 Å². The van der Waals surface area contributed by atoms with Crippen LogP contribution in [-0.2, 0) is 19.1 Å². The third-order valence-corrected chi connectivity index (χ3v) is 4.34. The van der Waals surface area contributed by atoms with Gasteiger partial charge in [0.1, 0.15) is 5.75 Å². The molecule has 0 unspecified atom stereocenters. The molecule has 7 nitrogen and oxygen atoms in total. The van der Waals surface area contributed by atoms with E-state index in [4.69, 9.17) is 44.3 Å². The van der Waals surface area contributed by atoms with Gasteiger partial charge in [-0.3, -0.25) is 14.4 Å². The molecule has 10 heteroatoms. The van der Waals surface area contributed by atoms with E-state index in [1.54, 1.807) is 18.2 Å². The molecule has 0 spiro atoms. The summed E-state index contributed by atoms with van der Waals surface area (Å²) < 4.78 is 9.99. The number of esters is 1. The molecule has 0 fully saturated rings. The van der Waals surface area contributed by atoms with Gasteiger partial charge in [0.25, 0.3) is 5.91 Å². The molecule has 2 aromatic carbocycles. The Morgan fingerprint density at radius 1 is 0.862 bits per heavy atom. The molecule has 0 aliphatic heterocycles. The lowest BCUT2D eigenvalue weighted by Crippen LogP contribution is -2.22. The third kappa shape index (κ3) is 7.45. The SMILES string of the molecule is COc1ccc(Cl)cc1NC(=O)CCC(=O)OCC(=O)Nc1ccc(Cl)cc1Cl. The number of nitrogens with one attached hydrogen (secondary N) is 2. The van der Waals surface area contributed by atoms with E-state index < -0.39 is 24.4 Å². The smallest absolute Gasteiger partial charge is 0.306 e. The molecule has 0 radical (unpaired) electrons. The minimum atomic E-state index is -0.699. The quantitative estimate of drug-likeness (QED) is 0.565. The zero-order valence-electron chi connectivity index (χ0n) is 15.3. The van der Waals surface area contributed by atoms with Crippen LogP contribution in [0, 0.1) is 0 Å². The highest BCUT2D eigenvalue weighted by Crippen LogP contribution is 2.28. The number of methoxy groups -OCH3 is 1. The summed E-state index contributed by atoms with van der Waals surface area (Å²) in [6.45, 7) is -0.512. The average molecular weight is 460 g/mol. The fourth-order valence-corrected chi connectivity index (χ4v) is 2.83. The number of ether oxygens (including phenoxy) is 2. The van der Waals surface area contributed by atoms with Gasteiger partial charge >= 0.3 is 5.97 Å². The summed E-state index contributed by atoms with van der Waals surface area (Å²) in [6.07, 6.45) is -0.344. The summed E-state index contributed by atoms with van der Waals surface area (Å²) in [7, 11) is 1.46. The first kappa shape index (κ1) is 22.8. The highest BCUT2D eigenvalue weighted by atomic mass is 35.5. The zero-order valence-corrected chi connectivity index (χ0v) is 17.5. The van der Waals surface area contributed by atoms with E-state index in [1.807, 2.05) is 0 Å². The lowest BCUT2D eigenvalue weighted by molar-refractivity contribution is -0.147. The van der Waals surface area contributed by atoms with Crippen molar-refractivity contribution in [2.75, 3.05) is 24.4 Å². The first-order valence-electron chi connectivity index (χ1n) is 8.32. The van der Waals surface area contributed by atoms with Gasteiger partial charge in [0.05, 0.1) is 29.9 Å². The van der Waals surface area contributed by atoms with Crippen molar-refractivity contribution in [3.8, 4) is 5.75 Å². The van der Waals surface area contributed by atoms with E-state index in [2.05, 4.69) is 10.6 Å². The Morgan fingerprint density at radius 3 is 2.21 bits per heavy atom. The van der Waals surface area contributed by atoms with Gasteiger partial charge in [-0.15, -0.1) is 0 Å². The molecule has 0 saturated carbocycles. The Bertz CT molecular complexity index is 921. The van der Waals surface area contributed by atoms with Crippen molar-refractivity contribution >= 4 is 64.0 Å². The summed E-state index contributed by atoms with van der Waals surface area (Å²) >= 11 is 17.6. The average Bonchev–Trinajstić information content (AvgIpc) is 2.67. The van der Waals surface area contributed by atoms with Crippen molar-refractivity contribution in [3.63, 3.8) is 0 Å². The number of hydrogen-bond acceptors (Lipinski definition) is 5. The summed E-state index contributed by atoms with van der Waals surface area (Å²) in [5.41, 5.74) is 0.726. The van der Waals surface area contributed by atoms with E-state index in [0.717, 1.165) is 0 Å². The molecule has 0 saturated heterocycles. The molecule has 2 rings (SSSR count). The Hall–Kier alpha value is -2.48. The van der Waals surface area contributed by atoms with Gasteiger partial charge in [0.15, 0.2) is 6.61 Å². The van der Waals surface area contributed by atoms with Crippen LogP contribution < -0.4 is 15.4 Å². The predicted octanol–water partition coefficient (Wildman–Crippen LogP) is 4.56. The first-order valence-corrected chi connectivity index (χ1v) is 9.46. The van der Waals surface area contributed by atoms with Crippen LogP contribution in [0.1, 0.15) is 12.8 Å². The number of anilines is 2. The maximum atomic E-state index is 12.0. The van der Waals surface area contributed by atoms with Gasteiger partial charge in [-0.1, -0.05) is 34.8 Å². The maximum Gasteiger partial charge on any atom is 0.306 e. The molecular formula is C19H17Cl3N2O5. The highest BCUT2D eigenvalue weighted by Gasteiger charge is 2.13. The van der Waals surface area contributed by atoms with Gasteiger partial charge in [-0.05, 0) is 36.4 Å². The number of halogens is 3. The molecule has 29 heavy (non-hydrogen) atoms. The van der Waals surface area contributed by atoms with Crippen molar-refractivity contribution in [1.29, 1.82) is 0 Å². The van der Waals surface area contributed by atoms with Crippen LogP contribution in [0.15, 0.2) is 36.4 Å². The molecule has 0 aromatic heterocycles. The van der Waals surface area contributed by atoms with Crippen LogP contribution in [0.3, 0.4) is 0 Å². The Balaban J connectivity index is 1.76. The number of carbonyl (C=O) groups excluding carboxylic acids is 3. The third-order valence-electron chi connectivity index (χ3n) is 3.56. The molecule has 2 amide bonds. The second-order valence-corrected chi connectivity index (χ2v) is 7.01. The van der Waals surface area contributed by atoms with Crippen LogP contribution in [0.25, 0.3) is 0 Å². The van der Waals surface area contributed by atoms with Gasteiger partial charge in [-0.25, -0.2) is 0 Å². The van der Waals surface area contributed by atoms with Crippen LogP contribution >= 0.6 is 34.8 Å². The number of carbonyl (C=O) groups is 3. The standard InChI is InChI=1S/C19H17Cl3N2O5/c1-28-16-5-3-12(21)9-15(16)24-17(25)6-7-19(27)29-10-18(26)23-14-4-2-11(20)8-13(14)22/h2-5,8-9H,6-7,10H2,1H3,(H,23,26)(H,24,25). The number of hydrogen-bond donors (Lipinski definition) is 2. The second-order valence-electron chi connectivity index (χ2n) is 5.73. The Labute approximate surface area is 182 Å². The van der Waals surface area contributed by atoms with Crippen molar-refractivity contribution in [3.05, 3.63) is 51.5 Å². The minimum absolute atomic E-state index is 0.140. The van der Waals surface area contributed by atoms with Gasteiger partial charge in [0, 0.05) is 16.5 Å². The van der Waals surface area contributed by atoms with Gasteiger partial charge < -0.3 is 20.1 Å². The Morgan fingerprint density at radius 2 is 1.52 bits per heavy atom.